The largest absolute Gasteiger partial charge is 0.371 e. The predicted octanol–water partition coefficient (Wildman–Crippen LogP) is 4.99. The van der Waals surface area contributed by atoms with Crippen LogP contribution in [-0.2, 0) is 9.73 Å². The second-order valence-corrected chi connectivity index (χ2v) is 14.1. The van der Waals surface area contributed by atoms with Gasteiger partial charge < -0.3 is 15.5 Å². The molecule has 2 saturated heterocycles. The number of fused-ring (bicyclic) bond motifs is 1. The fourth-order valence-electron chi connectivity index (χ4n) is 5.76. The van der Waals surface area contributed by atoms with Crippen molar-refractivity contribution in [3.63, 3.8) is 0 Å². The van der Waals surface area contributed by atoms with Crippen LogP contribution in [0.15, 0.2) is 59.1 Å². The van der Waals surface area contributed by atoms with E-state index in [0.717, 1.165) is 48.5 Å². The molecule has 0 radical (unpaired) electrons. The van der Waals surface area contributed by atoms with Gasteiger partial charge in [-0.2, -0.15) is 9.35 Å². The lowest BCUT2D eigenvalue weighted by molar-refractivity contribution is 0.126. The molecular formula is C29H34N8OS. The topological polar surface area (TPSA) is 100 Å². The summed E-state index contributed by atoms with van der Waals surface area (Å²) in [5.74, 6) is 2.22. The fourth-order valence-corrected chi connectivity index (χ4v) is 6.31. The van der Waals surface area contributed by atoms with Crippen LogP contribution in [0.3, 0.4) is 0 Å². The second kappa shape index (κ2) is 9.31. The zero-order valence-electron chi connectivity index (χ0n) is 22.4. The number of pyridine rings is 1. The maximum atomic E-state index is 12.3. The van der Waals surface area contributed by atoms with Crippen LogP contribution >= 0.6 is 0 Å². The SMILES string of the molecule is CS(C)(=O)=Nc1cccc(-n2c(C3CC3)cc3cnc(Nc4ccc(N5CCC6(CC5)CNC6)cc4)nc32)n1. The first kappa shape index (κ1) is 24.5. The molecule has 39 heavy (non-hydrogen) atoms. The van der Waals surface area contributed by atoms with Crippen molar-refractivity contribution < 1.29 is 4.21 Å². The molecule has 7 rings (SSSR count). The lowest BCUT2D eigenvalue weighted by atomic mass is 9.73. The summed E-state index contributed by atoms with van der Waals surface area (Å²) in [4.78, 5) is 16.8. The van der Waals surface area contributed by atoms with E-state index in [9.17, 15) is 4.21 Å². The summed E-state index contributed by atoms with van der Waals surface area (Å²) in [6, 6.07) is 16.4. The molecule has 4 aromatic rings. The molecule has 2 aliphatic heterocycles. The van der Waals surface area contributed by atoms with Gasteiger partial charge in [-0.05, 0) is 79.5 Å². The lowest BCUT2D eigenvalue weighted by Gasteiger charge is -2.49. The summed E-state index contributed by atoms with van der Waals surface area (Å²) in [5, 5.41) is 7.81. The number of benzene rings is 1. The Labute approximate surface area is 229 Å². The Hall–Kier alpha value is -3.50. The average molecular weight is 543 g/mol. The third-order valence-corrected chi connectivity index (χ3v) is 8.77. The molecular weight excluding hydrogens is 508 g/mol. The van der Waals surface area contributed by atoms with E-state index in [4.69, 9.17) is 9.97 Å². The van der Waals surface area contributed by atoms with E-state index in [-0.39, 0.29) is 0 Å². The molecule has 1 spiro atoms. The van der Waals surface area contributed by atoms with Gasteiger partial charge in [0.2, 0.25) is 5.95 Å². The van der Waals surface area contributed by atoms with Crippen LogP contribution in [0.4, 0.5) is 23.1 Å². The number of nitrogens with zero attached hydrogens (tertiary/aromatic N) is 6. The van der Waals surface area contributed by atoms with Crippen LogP contribution in [0.2, 0.25) is 0 Å². The Morgan fingerprint density at radius 3 is 2.49 bits per heavy atom. The van der Waals surface area contributed by atoms with Crippen molar-refractivity contribution >= 4 is 43.9 Å². The number of rotatable bonds is 6. The number of hydrogen-bond acceptors (Lipinski definition) is 8. The molecule has 0 amide bonds. The summed E-state index contributed by atoms with van der Waals surface area (Å²) in [7, 11) is -2.31. The highest BCUT2D eigenvalue weighted by molar-refractivity contribution is 7.92. The molecule has 1 aliphatic carbocycles. The van der Waals surface area contributed by atoms with Crippen LogP contribution in [0.25, 0.3) is 16.9 Å². The van der Waals surface area contributed by atoms with Gasteiger partial charge >= 0.3 is 0 Å². The number of aromatic nitrogens is 4. The van der Waals surface area contributed by atoms with Gasteiger partial charge in [-0.25, -0.2) is 14.2 Å². The minimum absolute atomic E-state index is 0.465. The number of hydrogen-bond donors (Lipinski definition) is 2. The highest BCUT2D eigenvalue weighted by atomic mass is 32.2. The summed E-state index contributed by atoms with van der Waals surface area (Å²) in [6.45, 7) is 4.58. The Morgan fingerprint density at radius 2 is 1.82 bits per heavy atom. The summed E-state index contributed by atoms with van der Waals surface area (Å²) >= 11 is 0. The first-order valence-corrected chi connectivity index (χ1v) is 16.0. The number of nitrogens with one attached hydrogen (secondary N) is 2. The van der Waals surface area contributed by atoms with Crippen molar-refractivity contribution in [2.24, 2.45) is 9.78 Å². The Kier molecular flexibility index (Phi) is 5.85. The van der Waals surface area contributed by atoms with Gasteiger partial charge in [-0.15, -0.1) is 0 Å². The Bertz CT molecular complexity index is 1640. The normalized spacial score (nSPS) is 18.8. The Balaban J connectivity index is 1.16. The monoisotopic (exact) mass is 542 g/mol. The van der Waals surface area contributed by atoms with E-state index in [1.54, 1.807) is 18.6 Å². The molecule has 2 N–H and O–H groups in total. The van der Waals surface area contributed by atoms with Crippen LogP contribution in [-0.4, -0.2) is 62.4 Å². The first-order valence-electron chi connectivity index (χ1n) is 13.7. The zero-order chi connectivity index (χ0) is 26.6. The third-order valence-electron chi connectivity index (χ3n) is 8.14. The quantitative estimate of drug-likeness (QED) is 0.354. The fraction of sp³-hybridized carbons (Fsp3) is 0.414. The van der Waals surface area contributed by atoms with Crippen molar-refractivity contribution in [3.8, 4) is 5.82 Å². The van der Waals surface area contributed by atoms with Crippen molar-refractivity contribution in [3.05, 3.63) is 60.4 Å². The van der Waals surface area contributed by atoms with Gasteiger partial charge in [0.15, 0.2) is 11.5 Å². The molecule has 3 aromatic heterocycles. The van der Waals surface area contributed by atoms with E-state index in [1.807, 2.05) is 18.3 Å². The van der Waals surface area contributed by atoms with Crippen molar-refractivity contribution in [1.29, 1.82) is 0 Å². The number of anilines is 3. The molecule has 10 heteroatoms. The summed E-state index contributed by atoms with van der Waals surface area (Å²) in [5.41, 5.74) is 4.75. The van der Waals surface area contributed by atoms with Crippen LogP contribution in [0.5, 0.6) is 0 Å². The minimum atomic E-state index is -2.31. The number of piperidine rings is 1. The lowest BCUT2D eigenvalue weighted by Crippen LogP contribution is -2.58. The van der Waals surface area contributed by atoms with E-state index < -0.39 is 9.73 Å². The molecule has 5 heterocycles. The van der Waals surface area contributed by atoms with Gasteiger partial charge in [-0.3, -0.25) is 4.57 Å². The van der Waals surface area contributed by atoms with Gasteiger partial charge in [0.1, 0.15) is 5.82 Å². The highest BCUT2D eigenvalue weighted by Crippen LogP contribution is 2.43. The molecule has 0 atom stereocenters. The van der Waals surface area contributed by atoms with E-state index in [0.29, 0.717) is 23.1 Å². The third kappa shape index (κ3) is 4.98. The summed E-state index contributed by atoms with van der Waals surface area (Å²) < 4.78 is 18.7. The molecule has 1 saturated carbocycles. The second-order valence-electron chi connectivity index (χ2n) is 11.5. The first-order chi connectivity index (χ1) is 18.8. The van der Waals surface area contributed by atoms with E-state index in [1.165, 1.54) is 37.3 Å². The Morgan fingerprint density at radius 1 is 1.05 bits per heavy atom. The van der Waals surface area contributed by atoms with Gasteiger partial charge in [0, 0.05) is 77.1 Å². The van der Waals surface area contributed by atoms with Crippen molar-refractivity contribution in [1.82, 2.24) is 24.8 Å². The zero-order valence-corrected chi connectivity index (χ0v) is 23.2. The highest BCUT2D eigenvalue weighted by Gasteiger charge is 2.39. The minimum Gasteiger partial charge on any atom is -0.371 e. The molecule has 0 bridgehead atoms. The summed E-state index contributed by atoms with van der Waals surface area (Å²) in [6.07, 6.45) is 9.94. The van der Waals surface area contributed by atoms with Crippen LogP contribution in [0, 0.1) is 5.41 Å². The average Bonchev–Trinajstić information content (AvgIpc) is 3.68. The maximum Gasteiger partial charge on any atom is 0.229 e. The molecule has 3 fully saturated rings. The van der Waals surface area contributed by atoms with Gasteiger partial charge in [-0.1, -0.05) is 6.07 Å². The molecule has 202 valence electrons. The standard InChI is InChI=1S/C29H34N8OS/c1-39(2,38)35-25-4-3-5-26(33-25)37-24(20-6-7-20)16-21-17-31-28(34-27(21)37)32-22-8-10-23(11-9-22)36-14-12-29(13-15-36)18-30-19-29/h3-5,8-11,16-17,20,30H,6-7,12-15,18-19H2,1-2H3,(H,31,32,34). The maximum absolute atomic E-state index is 12.3. The van der Waals surface area contributed by atoms with E-state index >= 15 is 0 Å². The predicted molar refractivity (Wildman–Crippen MR) is 157 cm³/mol. The molecule has 3 aliphatic rings. The van der Waals surface area contributed by atoms with Gasteiger partial charge in [0.05, 0.1) is 0 Å². The van der Waals surface area contributed by atoms with E-state index in [2.05, 4.69) is 59.8 Å². The van der Waals surface area contributed by atoms with Crippen LogP contribution < -0.4 is 15.5 Å². The van der Waals surface area contributed by atoms with Crippen molar-refractivity contribution in [2.75, 3.05) is 48.9 Å². The molecule has 1 aromatic carbocycles. The molecule has 9 nitrogen and oxygen atoms in total. The van der Waals surface area contributed by atoms with Crippen molar-refractivity contribution in [2.45, 2.75) is 31.6 Å². The van der Waals surface area contributed by atoms with Crippen LogP contribution in [0.1, 0.15) is 37.3 Å². The van der Waals surface area contributed by atoms with Gasteiger partial charge in [0.25, 0.3) is 0 Å². The molecule has 0 unspecified atom stereocenters. The smallest absolute Gasteiger partial charge is 0.229 e.